The molecule has 0 fully saturated rings. The highest BCUT2D eigenvalue weighted by Crippen LogP contribution is 2.39. The highest BCUT2D eigenvalue weighted by molar-refractivity contribution is 6.14. The van der Waals surface area contributed by atoms with E-state index in [4.69, 9.17) is 15.0 Å². The lowest BCUT2D eigenvalue weighted by Gasteiger charge is -2.16. The molecule has 0 saturated carbocycles. The van der Waals surface area contributed by atoms with E-state index in [9.17, 15) is 0 Å². The van der Waals surface area contributed by atoms with E-state index in [-0.39, 0.29) is 0 Å². The predicted molar refractivity (Wildman–Crippen MR) is 189 cm³/mol. The maximum atomic E-state index is 5.09. The number of fused-ring (bicyclic) bond motifs is 3. The molecule has 218 valence electrons. The van der Waals surface area contributed by atoms with Gasteiger partial charge in [0.25, 0.3) is 0 Å². The number of benzene rings is 6. The Bertz CT molecular complexity index is 2300. The molecule has 0 aliphatic carbocycles. The molecule has 0 aliphatic rings. The van der Waals surface area contributed by atoms with E-state index in [1.807, 2.05) is 66.9 Å². The molecule has 0 N–H and O–H groups in total. The number of hydrogen-bond donors (Lipinski definition) is 0. The molecule has 0 saturated heterocycles. The standard InChI is InChI=1S/C42H30N4/c1-27-21-22-43-28(2)39(27)33-23-32(38-26-31-17-9-10-18-35(31)36-19-11-12-20-37(36)38)24-34(25-33)42-45-40(29-13-5-3-6-14-29)44-41(46-42)30-15-7-4-8-16-30/h3-26H,1-2H3. The average molecular weight is 591 g/mol. The van der Waals surface area contributed by atoms with E-state index in [0.29, 0.717) is 17.5 Å². The first kappa shape index (κ1) is 27.5. The van der Waals surface area contributed by atoms with Crippen LogP contribution in [0.15, 0.2) is 146 Å². The van der Waals surface area contributed by atoms with Gasteiger partial charge < -0.3 is 0 Å². The zero-order valence-electron chi connectivity index (χ0n) is 25.6. The summed E-state index contributed by atoms with van der Waals surface area (Å²) >= 11 is 0. The van der Waals surface area contributed by atoms with Crippen LogP contribution in [-0.4, -0.2) is 19.9 Å². The minimum Gasteiger partial charge on any atom is -0.261 e. The van der Waals surface area contributed by atoms with Crippen LogP contribution in [0.5, 0.6) is 0 Å². The van der Waals surface area contributed by atoms with Crippen molar-refractivity contribution in [1.29, 1.82) is 0 Å². The van der Waals surface area contributed by atoms with Crippen molar-refractivity contribution in [3.63, 3.8) is 0 Å². The van der Waals surface area contributed by atoms with Gasteiger partial charge in [0, 0.05) is 34.1 Å². The van der Waals surface area contributed by atoms with Crippen LogP contribution in [0.1, 0.15) is 11.3 Å². The van der Waals surface area contributed by atoms with Gasteiger partial charge >= 0.3 is 0 Å². The number of pyridine rings is 1. The van der Waals surface area contributed by atoms with Crippen molar-refractivity contribution in [3.8, 4) is 56.4 Å². The summed E-state index contributed by atoms with van der Waals surface area (Å²) in [5, 5.41) is 4.88. The Morgan fingerprint density at radius 3 is 1.59 bits per heavy atom. The SMILES string of the molecule is Cc1ccnc(C)c1-c1cc(-c2nc(-c3ccccc3)nc(-c3ccccc3)n2)cc(-c2cc3ccccc3c3ccccc23)c1. The smallest absolute Gasteiger partial charge is 0.164 e. The molecular formula is C42H30N4. The molecule has 0 aliphatic heterocycles. The van der Waals surface area contributed by atoms with E-state index >= 15 is 0 Å². The third-order valence-electron chi connectivity index (χ3n) is 8.61. The number of aryl methyl sites for hydroxylation is 2. The summed E-state index contributed by atoms with van der Waals surface area (Å²) in [5.74, 6) is 1.91. The molecule has 2 heterocycles. The molecule has 2 aromatic heterocycles. The molecule has 8 rings (SSSR count). The molecule has 4 heteroatoms. The van der Waals surface area contributed by atoms with Gasteiger partial charge in [-0.3, -0.25) is 4.98 Å². The highest BCUT2D eigenvalue weighted by atomic mass is 15.0. The van der Waals surface area contributed by atoms with Gasteiger partial charge in [0.2, 0.25) is 0 Å². The number of aromatic nitrogens is 4. The lowest BCUT2D eigenvalue weighted by molar-refractivity contribution is 1.07. The van der Waals surface area contributed by atoms with E-state index in [1.165, 1.54) is 27.1 Å². The van der Waals surface area contributed by atoms with Crippen LogP contribution in [0.4, 0.5) is 0 Å². The zero-order valence-corrected chi connectivity index (χ0v) is 25.6. The number of nitrogens with zero attached hydrogens (tertiary/aromatic N) is 4. The summed E-state index contributed by atoms with van der Waals surface area (Å²) < 4.78 is 0. The Morgan fingerprint density at radius 1 is 0.413 bits per heavy atom. The molecule has 0 radical (unpaired) electrons. The maximum Gasteiger partial charge on any atom is 0.164 e. The number of rotatable bonds is 5. The molecular weight excluding hydrogens is 560 g/mol. The van der Waals surface area contributed by atoms with Gasteiger partial charge in [-0.2, -0.15) is 0 Å². The third-order valence-corrected chi connectivity index (χ3v) is 8.61. The molecule has 0 atom stereocenters. The maximum absolute atomic E-state index is 5.09. The van der Waals surface area contributed by atoms with Crippen molar-refractivity contribution in [2.45, 2.75) is 13.8 Å². The van der Waals surface area contributed by atoms with Gasteiger partial charge in [0.15, 0.2) is 17.5 Å². The minimum atomic E-state index is 0.625. The van der Waals surface area contributed by atoms with Gasteiger partial charge in [-0.15, -0.1) is 0 Å². The van der Waals surface area contributed by atoms with Gasteiger partial charge in [-0.05, 0) is 88.0 Å². The van der Waals surface area contributed by atoms with E-state index in [1.54, 1.807) is 0 Å². The molecule has 4 nitrogen and oxygen atoms in total. The first-order valence-corrected chi connectivity index (χ1v) is 15.5. The zero-order chi connectivity index (χ0) is 31.0. The second-order valence-corrected chi connectivity index (χ2v) is 11.6. The topological polar surface area (TPSA) is 51.6 Å². The first-order chi connectivity index (χ1) is 22.6. The quantitative estimate of drug-likeness (QED) is 0.187. The Balaban J connectivity index is 1.43. The molecule has 6 aromatic carbocycles. The van der Waals surface area contributed by atoms with Crippen LogP contribution in [0, 0.1) is 13.8 Å². The molecule has 46 heavy (non-hydrogen) atoms. The lowest BCUT2D eigenvalue weighted by atomic mass is 9.89. The van der Waals surface area contributed by atoms with E-state index < -0.39 is 0 Å². The summed E-state index contributed by atoms with van der Waals surface area (Å²) in [5.41, 5.74) is 9.42. The van der Waals surface area contributed by atoms with Crippen LogP contribution in [0.3, 0.4) is 0 Å². The van der Waals surface area contributed by atoms with Gasteiger partial charge in [0.05, 0.1) is 0 Å². The Morgan fingerprint density at radius 2 is 0.935 bits per heavy atom. The second-order valence-electron chi connectivity index (χ2n) is 11.6. The Hall–Kier alpha value is -6.00. The molecule has 0 amide bonds. The van der Waals surface area contributed by atoms with Crippen molar-refractivity contribution in [2.24, 2.45) is 0 Å². The van der Waals surface area contributed by atoms with Crippen molar-refractivity contribution >= 4 is 21.5 Å². The fourth-order valence-electron chi connectivity index (χ4n) is 6.42. The Labute approximate surface area is 268 Å². The molecule has 8 aromatic rings. The van der Waals surface area contributed by atoms with Crippen molar-refractivity contribution in [2.75, 3.05) is 0 Å². The lowest BCUT2D eigenvalue weighted by Crippen LogP contribution is -2.01. The largest absolute Gasteiger partial charge is 0.261 e. The Kier molecular flexibility index (Phi) is 6.88. The van der Waals surface area contributed by atoms with Crippen molar-refractivity contribution in [3.05, 3.63) is 157 Å². The monoisotopic (exact) mass is 590 g/mol. The van der Waals surface area contributed by atoms with E-state index in [2.05, 4.69) is 97.7 Å². The predicted octanol–water partition coefficient (Wildman–Crippen LogP) is 10.5. The van der Waals surface area contributed by atoms with Crippen LogP contribution >= 0.6 is 0 Å². The second kappa shape index (κ2) is 11.5. The van der Waals surface area contributed by atoms with Crippen molar-refractivity contribution < 1.29 is 0 Å². The number of hydrogen-bond acceptors (Lipinski definition) is 4. The van der Waals surface area contributed by atoms with Crippen LogP contribution in [0.2, 0.25) is 0 Å². The van der Waals surface area contributed by atoms with Gasteiger partial charge in [-0.25, -0.2) is 15.0 Å². The van der Waals surface area contributed by atoms with Gasteiger partial charge in [-0.1, -0.05) is 109 Å². The summed E-state index contributed by atoms with van der Waals surface area (Å²) in [6, 6.07) is 48.6. The highest BCUT2D eigenvalue weighted by Gasteiger charge is 2.17. The molecule has 0 unspecified atom stereocenters. The fraction of sp³-hybridized carbons (Fsp3) is 0.0476. The minimum absolute atomic E-state index is 0.625. The summed E-state index contributed by atoms with van der Waals surface area (Å²) in [7, 11) is 0. The average Bonchev–Trinajstić information content (AvgIpc) is 3.11. The summed E-state index contributed by atoms with van der Waals surface area (Å²) in [6.07, 6.45) is 1.88. The molecule has 0 spiro atoms. The van der Waals surface area contributed by atoms with Crippen LogP contribution < -0.4 is 0 Å². The van der Waals surface area contributed by atoms with Crippen LogP contribution in [-0.2, 0) is 0 Å². The first-order valence-electron chi connectivity index (χ1n) is 15.5. The van der Waals surface area contributed by atoms with Crippen LogP contribution in [0.25, 0.3) is 78.0 Å². The third kappa shape index (κ3) is 5.00. The summed E-state index contributed by atoms with van der Waals surface area (Å²) in [4.78, 5) is 19.8. The van der Waals surface area contributed by atoms with Gasteiger partial charge in [0.1, 0.15) is 0 Å². The normalized spacial score (nSPS) is 11.3. The molecule has 0 bridgehead atoms. The van der Waals surface area contributed by atoms with Crippen molar-refractivity contribution in [1.82, 2.24) is 19.9 Å². The van der Waals surface area contributed by atoms with E-state index in [0.717, 1.165) is 44.6 Å². The summed E-state index contributed by atoms with van der Waals surface area (Å²) in [6.45, 7) is 4.22. The fourth-order valence-corrected chi connectivity index (χ4v) is 6.42.